The summed E-state index contributed by atoms with van der Waals surface area (Å²) in [7, 11) is 0. The van der Waals surface area contributed by atoms with Crippen molar-refractivity contribution in [1.82, 2.24) is 34.4 Å². The van der Waals surface area contributed by atoms with Crippen LogP contribution < -0.4 is 10.6 Å². The van der Waals surface area contributed by atoms with Crippen LogP contribution in [0.5, 0.6) is 0 Å². The second-order valence-corrected chi connectivity index (χ2v) is 8.56. The first kappa shape index (κ1) is 20.7. The Labute approximate surface area is 186 Å². The van der Waals surface area contributed by atoms with Crippen molar-refractivity contribution in [2.45, 2.75) is 45.7 Å². The molecule has 1 amide bonds. The number of piperazine rings is 1. The molecule has 0 aromatic carbocycles. The quantitative estimate of drug-likeness (QED) is 0.639. The van der Waals surface area contributed by atoms with E-state index in [0.717, 1.165) is 44.8 Å². The summed E-state index contributed by atoms with van der Waals surface area (Å²) in [5.74, 6) is 2.78. The maximum Gasteiger partial charge on any atom is 0.259 e. The summed E-state index contributed by atoms with van der Waals surface area (Å²) >= 11 is 0. The highest BCUT2D eigenvalue weighted by molar-refractivity contribution is 5.86. The molecule has 11 nitrogen and oxygen atoms in total. The molecular formula is C21H29N9O2. The molecule has 5 heterocycles. The van der Waals surface area contributed by atoms with E-state index >= 15 is 0 Å². The van der Waals surface area contributed by atoms with Crippen LogP contribution in [0.3, 0.4) is 0 Å². The summed E-state index contributed by atoms with van der Waals surface area (Å²) in [6.07, 6.45) is 1.68. The Morgan fingerprint density at radius 1 is 1.22 bits per heavy atom. The van der Waals surface area contributed by atoms with Crippen molar-refractivity contribution in [1.29, 1.82) is 0 Å². The molecule has 32 heavy (non-hydrogen) atoms. The molecule has 0 bridgehead atoms. The largest absolute Gasteiger partial charge is 0.458 e. The second-order valence-electron chi connectivity index (χ2n) is 8.56. The van der Waals surface area contributed by atoms with Crippen molar-refractivity contribution in [3.63, 3.8) is 0 Å². The van der Waals surface area contributed by atoms with Gasteiger partial charge in [-0.3, -0.25) is 9.69 Å². The Hall–Kier alpha value is -3.21. The minimum Gasteiger partial charge on any atom is -0.458 e. The fraction of sp³-hybridized carbons (Fsp3) is 0.571. The summed E-state index contributed by atoms with van der Waals surface area (Å²) in [6, 6.07) is 3.55. The van der Waals surface area contributed by atoms with Gasteiger partial charge in [0.1, 0.15) is 11.8 Å². The van der Waals surface area contributed by atoms with Gasteiger partial charge in [0.05, 0.1) is 0 Å². The van der Waals surface area contributed by atoms with Crippen LogP contribution in [0.2, 0.25) is 0 Å². The molecule has 2 aliphatic rings. The summed E-state index contributed by atoms with van der Waals surface area (Å²) < 4.78 is 7.02. The molecule has 5 rings (SSSR count). The third-order valence-corrected chi connectivity index (χ3v) is 6.42. The number of hydrogen-bond acceptors (Lipinski definition) is 9. The first-order valence-electron chi connectivity index (χ1n) is 11.2. The zero-order valence-electron chi connectivity index (χ0n) is 18.7. The molecule has 0 spiro atoms. The molecule has 0 aliphatic carbocycles. The summed E-state index contributed by atoms with van der Waals surface area (Å²) in [5.41, 5.74) is 6.19. The smallest absolute Gasteiger partial charge is 0.259 e. The molecule has 3 aromatic rings. The highest BCUT2D eigenvalue weighted by Crippen LogP contribution is 2.27. The van der Waals surface area contributed by atoms with Gasteiger partial charge in [-0.2, -0.15) is 19.5 Å². The number of aromatic nitrogens is 5. The Bertz CT molecular complexity index is 1140. The van der Waals surface area contributed by atoms with E-state index in [-0.39, 0.29) is 23.9 Å². The number of nitrogens with two attached hydrogens (primary N) is 1. The number of carbonyl (C=O) groups is 1. The monoisotopic (exact) mass is 439 g/mol. The number of fused-ring (bicyclic) bond motifs is 1. The number of rotatable bonds is 4. The van der Waals surface area contributed by atoms with Crippen LogP contribution in [0.25, 0.3) is 17.4 Å². The molecule has 2 saturated heterocycles. The normalized spacial score (nSPS) is 22.2. The van der Waals surface area contributed by atoms with Crippen molar-refractivity contribution >= 4 is 23.6 Å². The number of nitrogen functional groups attached to an aromatic ring is 1. The first-order chi connectivity index (χ1) is 15.4. The lowest BCUT2D eigenvalue weighted by Crippen LogP contribution is -2.57. The van der Waals surface area contributed by atoms with Gasteiger partial charge in [0.25, 0.3) is 5.78 Å². The van der Waals surface area contributed by atoms with Gasteiger partial charge in [0.2, 0.25) is 23.6 Å². The van der Waals surface area contributed by atoms with E-state index in [4.69, 9.17) is 10.2 Å². The number of amides is 1. The van der Waals surface area contributed by atoms with E-state index in [1.807, 2.05) is 28.9 Å². The van der Waals surface area contributed by atoms with Crippen molar-refractivity contribution in [3.05, 3.63) is 17.9 Å². The highest BCUT2D eigenvalue weighted by Gasteiger charge is 2.38. The Balaban J connectivity index is 1.42. The Morgan fingerprint density at radius 2 is 2.06 bits per heavy atom. The lowest BCUT2D eigenvalue weighted by Gasteiger charge is -2.41. The van der Waals surface area contributed by atoms with Crippen LogP contribution in [-0.2, 0) is 4.79 Å². The second kappa shape index (κ2) is 8.05. The first-order valence-corrected chi connectivity index (χ1v) is 11.2. The summed E-state index contributed by atoms with van der Waals surface area (Å²) in [4.78, 5) is 33.3. The fourth-order valence-corrected chi connectivity index (χ4v) is 4.68. The molecule has 2 aliphatic heterocycles. The molecule has 2 fully saturated rings. The van der Waals surface area contributed by atoms with Gasteiger partial charge < -0.3 is 20.0 Å². The molecule has 0 radical (unpaired) electrons. The third kappa shape index (κ3) is 3.56. The van der Waals surface area contributed by atoms with Crippen LogP contribution in [-0.4, -0.2) is 85.1 Å². The number of nitrogens with zero attached hydrogens (tertiary/aromatic N) is 8. The minimum atomic E-state index is -0.289. The van der Waals surface area contributed by atoms with E-state index < -0.39 is 0 Å². The number of hydrogen-bond donors (Lipinski definition) is 1. The fourth-order valence-electron chi connectivity index (χ4n) is 4.68. The van der Waals surface area contributed by atoms with E-state index in [0.29, 0.717) is 29.9 Å². The molecule has 2 N–H and O–H groups in total. The lowest BCUT2D eigenvalue weighted by molar-refractivity contribution is -0.136. The molecule has 11 heteroatoms. The van der Waals surface area contributed by atoms with E-state index in [1.54, 1.807) is 0 Å². The van der Waals surface area contributed by atoms with Gasteiger partial charge in [-0.1, -0.05) is 6.92 Å². The number of likely N-dealkylation sites (N-methyl/N-ethyl adjacent to an activating group) is 1. The standard InChI is InChI=1S/C21H29N9O2/c1-4-27-10-11-28(13(2)12-27)18(31)15-6-5-9-29(15)20-24-19(22)30-21(25-20)23-17(26-30)16-8-7-14(3)32-16/h7-8,13,15H,4-6,9-12H2,1-3H3,(H2,22,23,24,25,26)/t13-,15+/m1/s1. The number of anilines is 2. The van der Waals surface area contributed by atoms with E-state index in [2.05, 4.69) is 38.8 Å². The van der Waals surface area contributed by atoms with Crippen LogP contribution in [0.1, 0.15) is 32.4 Å². The zero-order chi connectivity index (χ0) is 22.4. The van der Waals surface area contributed by atoms with Crippen molar-refractivity contribution in [2.75, 3.05) is 43.4 Å². The van der Waals surface area contributed by atoms with E-state index in [1.165, 1.54) is 4.52 Å². The van der Waals surface area contributed by atoms with Crippen molar-refractivity contribution in [2.24, 2.45) is 0 Å². The van der Waals surface area contributed by atoms with Crippen LogP contribution >= 0.6 is 0 Å². The van der Waals surface area contributed by atoms with Gasteiger partial charge >= 0.3 is 0 Å². The third-order valence-electron chi connectivity index (χ3n) is 6.42. The minimum absolute atomic E-state index is 0.140. The molecular weight excluding hydrogens is 410 g/mol. The average Bonchev–Trinajstić information content (AvgIpc) is 3.52. The number of aryl methyl sites for hydroxylation is 1. The van der Waals surface area contributed by atoms with Gasteiger partial charge in [-0.15, -0.1) is 5.10 Å². The lowest BCUT2D eigenvalue weighted by atomic mass is 10.1. The van der Waals surface area contributed by atoms with Crippen molar-refractivity contribution < 1.29 is 9.21 Å². The SMILES string of the molecule is CCN1CCN(C(=O)[C@@H]2CCCN2c2nc(N)n3nc(-c4ccc(C)o4)nc3n2)[C@H](C)C1. The summed E-state index contributed by atoms with van der Waals surface area (Å²) in [6.45, 7) is 10.4. The molecule has 2 atom stereocenters. The average molecular weight is 440 g/mol. The number of furan rings is 1. The van der Waals surface area contributed by atoms with Gasteiger partial charge in [0, 0.05) is 32.2 Å². The van der Waals surface area contributed by atoms with Gasteiger partial charge in [0.15, 0.2) is 5.76 Å². The van der Waals surface area contributed by atoms with Gasteiger partial charge in [-0.25, -0.2) is 0 Å². The maximum atomic E-state index is 13.5. The molecule has 3 aromatic heterocycles. The van der Waals surface area contributed by atoms with Crippen molar-refractivity contribution in [3.8, 4) is 11.6 Å². The molecule has 0 unspecified atom stereocenters. The zero-order valence-corrected chi connectivity index (χ0v) is 18.7. The number of carbonyl (C=O) groups excluding carboxylic acids is 1. The maximum absolute atomic E-state index is 13.5. The predicted octanol–water partition coefficient (Wildman–Crippen LogP) is 1.19. The van der Waals surface area contributed by atoms with E-state index in [9.17, 15) is 4.79 Å². The Morgan fingerprint density at radius 3 is 2.78 bits per heavy atom. The van der Waals surface area contributed by atoms with Crippen LogP contribution in [0, 0.1) is 6.92 Å². The van der Waals surface area contributed by atoms with Crippen LogP contribution in [0.15, 0.2) is 16.5 Å². The highest BCUT2D eigenvalue weighted by atomic mass is 16.3. The topological polar surface area (TPSA) is 122 Å². The van der Waals surface area contributed by atoms with Crippen LogP contribution in [0.4, 0.5) is 11.9 Å². The summed E-state index contributed by atoms with van der Waals surface area (Å²) in [5, 5.41) is 4.38. The molecule has 0 saturated carbocycles. The molecule has 170 valence electrons. The Kier molecular flexibility index (Phi) is 5.20. The van der Waals surface area contributed by atoms with Gasteiger partial charge in [-0.05, 0) is 45.4 Å². The predicted molar refractivity (Wildman–Crippen MR) is 119 cm³/mol.